The summed E-state index contributed by atoms with van der Waals surface area (Å²) < 4.78 is 0. The fraction of sp³-hybridized carbons (Fsp3) is 0.308. The Balaban J connectivity index is 0.00000256. The van der Waals surface area contributed by atoms with Gasteiger partial charge in [0.05, 0.1) is 0 Å². The van der Waals surface area contributed by atoms with Gasteiger partial charge in [-0.15, -0.1) is 19.0 Å². The molecule has 1 amide bonds. The molecule has 1 aromatic rings. The molecule has 3 nitrogen and oxygen atoms in total. The molecule has 0 aliphatic heterocycles. The third-order valence-electron chi connectivity index (χ3n) is 2.35. The predicted molar refractivity (Wildman–Crippen MR) is 73.0 cm³/mol. The lowest BCUT2D eigenvalue weighted by molar-refractivity contribution is -0.123. The molecule has 0 bridgehead atoms. The molecule has 0 radical (unpaired) electrons. The molecule has 4 heteroatoms. The summed E-state index contributed by atoms with van der Waals surface area (Å²) in [6.07, 6.45) is 2.52. The Hall–Kier alpha value is -1.32. The fourth-order valence-electron chi connectivity index (χ4n) is 1.45. The van der Waals surface area contributed by atoms with Gasteiger partial charge < -0.3 is 11.1 Å². The third-order valence-corrected chi connectivity index (χ3v) is 2.35. The highest BCUT2D eigenvalue weighted by molar-refractivity contribution is 5.85. The first kappa shape index (κ1) is 15.7. The first-order valence-corrected chi connectivity index (χ1v) is 5.37. The maximum Gasteiger partial charge on any atom is 0.241 e. The first-order valence-electron chi connectivity index (χ1n) is 5.37. The van der Waals surface area contributed by atoms with Crippen molar-refractivity contribution in [2.24, 2.45) is 5.73 Å². The summed E-state index contributed by atoms with van der Waals surface area (Å²) in [5.74, 6) is -0.152. The van der Waals surface area contributed by atoms with E-state index in [9.17, 15) is 4.79 Å². The molecular formula is C13H19ClN2O. The molecule has 0 saturated carbocycles. The maximum atomic E-state index is 11.8. The van der Waals surface area contributed by atoms with Crippen molar-refractivity contribution in [2.45, 2.75) is 25.4 Å². The van der Waals surface area contributed by atoms with Crippen LogP contribution in [-0.4, -0.2) is 11.9 Å². The number of halogens is 1. The normalized spacial score (nSPS) is 13.1. The second-order valence-corrected chi connectivity index (χ2v) is 3.82. The number of carbonyl (C=O) groups excluding carboxylic acids is 1. The van der Waals surface area contributed by atoms with Crippen LogP contribution in [0.2, 0.25) is 0 Å². The van der Waals surface area contributed by atoms with Gasteiger partial charge in [0, 0.05) is 6.04 Å². The molecule has 94 valence electrons. The van der Waals surface area contributed by atoms with E-state index in [0.717, 1.165) is 12.0 Å². The zero-order chi connectivity index (χ0) is 12.0. The van der Waals surface area contributed by atoms with Crippen LogP contribution < -0.4 is 11.1 Å². The smallest absolute Gasteiger partial charge is 0.241 e. The number of nitrogens with two attached hydrogens (primary N) is 1. The Morgan fingerprint density at radius 1 is 1.47 bits per heavy atom. The molecule has 0 saturated heterocycles. The molecule has 0 aliphatic carbocycles. The van der Waals surface area contributed by atoms with Crippen LogP contribution >= 0.6 is 12.4 Å². The fourth-order valence-corrected chi connectivity index (χ4v) is 1.45. The third kappa shape index (κ3) is 5.02. The summed E-state index contributed by atoms with van der Waals surface area (Å²) in [7, 11) is 0. The van der Waals surface area contributed by atoms with Crippen LogP contribution in [0.5, 0.6) is 0 Å². The molecule has 0 aliphatic rings. The van der Waals surface area contributed by atoms with Crippen molar-refractivity contribution in [2.75, 3.05) is 0 Å². The van der Waals surface area contributed by atoms with Crippen LogP contribution in [0, 0.1) is 0 Å². The SMILES string of the molecule is C=CCC(C)NC(=O)C(N)c1ccccc1.Cl. The topological polar surface area (TPSA) is 55.1 Å². The number of carbonyl (C=O) groups is 1. The monoisotopic (exact) mass is 254 g/mol. The molecule has 3 N–H and O–H groups in total. The van der Waals surface area contributed by atoms with Gasteiger partial charge in [0.2, 0.25) is 5.91 Å². The van der Waals surface area contributed by atoms with Crippen LogP contribution in [0.3, 0.4) is 0 Å². The molecule has 2 atom stereocenters. The van der Waals surface area contributed by atoms with Crippen molar-refractivity contribution in [3.63, 3.8) is 0 Å². The van der Waals surface area contributed by atoms with Gasteiger partial charge in [-0.2, -0.15) is 0 Å². The van der Waals surface area contributed by atoms with Gasteiger partial charge in [-0.3, -0.25) is 4.79 Å². The number of nitrogens with one attached hydrogen (secondary N) is 1. The Bertz CT molecular complexity index is 354. The zero-order valence-corrected chi connectivity index (χ0v) is 10.7. The Kier molecular flexibility index (Phi) is 7.26. The minimum atomic E-state index is -0.603. The van der Waals surface area contributed by atoms with Gasteiger partial charge in [-0.1, -0.05) is 36.4 Å². The van der Waals surface area contributed by atoms with Gasteiger partial charge in [0.25, 0.3) is 0 Å². The van der Waals surface area contributed by atoms with Gasteiger partial charge >= 0.3 is 0 Å². The molecule has 0 fully saturated rings. The average molecular weight is 255 g/mol. The maximum absolute atomic E-state index is 11.8. The summed E-state index contributed by atoms with van der Waals surface area (Å²) in [5, 5.41) is 2.84. The summed E-state index contributed by atoms with van der Waals surface area (Å²) in [6.45, 7) is 5.56. The number of amides is 1. The number of hydrogen-bond donors (Lipinski definition) is 2. The second kappa shape index (κ2) is 7.87. The molecule has 0 aromatic heterocycles. The van der Waals surface area contributed by atoms with Crippen molar-refractivity contribution in [3.05, 3.63) is 48.6 Å². The molecule has 1 aromatic carbocycles. The average Bonchev–Trinajstić information content (AvgIpc) is 2.29. The summed E-state index contributed by atoms with van der Waals surface area (Å²) in [4.78, 5) is 11.8. The van der Waals surface area contributed by atoms with Crippen molar-refractivity contribution in [3.8, 4) is 0 Å². The summed E-state index contributed by atoms with van der Waals surface area (Å²) >= 11 is 0. The van der Waals surface area contributed by atoms with E-state index < -0.39 is 6.04 Å². The molecule has 0 spiro atoms. The highest BCUT2D eigenvalue weighted by Gasteiger charge is 2.16. The lowest BCUT2D eigenvalue weighted by atomic mass is 10.1. The van der Waals surface area contributed by atoms with Gasteiger partial charge in [0.1, 0.15) is 6.04 Å². The van der Waals surface area contributed by atoms with Crippen LogP contribution in [0.4, 0.5) is 0 Å². The zero-order valence-electron chi connectivity index (χ0n) is 9.93. The van der Waals surface area contributed by atoms with E-state index in [4.69, 9.17) is 5.73 Å². The van der Waals surface area contributed by atoms with E-state index >= 15 is 0 Å². The standard InChI is InChI=1S/C13H18N2O.ClH/c1-3-7-10(2)15-13(16)12(14)11-8-5-4-6-9-11;/h3-6,8-10,12H,1,7,14H2,2H3,(H,15,16);1H. The van der Waals surface area contributed by atoms with Gasteiger partial charge in [0.15, 0.2) is 0 Å². The highest BCUT2D eigenvalue weighted by atomic mass is 35.5. The minimum Gasteiger partial charge on any atom is -0.352 e. The first-order chi connectivity index (χ1) is 7.65. The number of benzene rings is 1. The van der Waals surface area contributed by atoms with Crippen LogP contribution in [0.25, 0.3) is 0 Å². The van der Waals surface area contributed by atoms with E-state index in [1.165, 1.54) is 0 Å². The van der Waals surface area contributed by atoms with Crippen molar-refractivity contribution in [1.82, 2.24) is 5.32 Å². The van der Waals surface area contributed by atoms with E-state index in [1.807, 2.05) is 37.3 Å². The van der Waals surface area contributed by atoms with Crippen LogP contribution in [0.1, 0.15) is 24.9 Å². The quantitative estimate of drug-likeness (QED) is 0.792. The summed E-state index contributed by atoms with van der Waals surface area (Å²) in [6, 6.07) is 8.80. The molecule has 1 rings (SSSR count). The van der Waals surface area contributed by atoms with Gasteiger partial charge in [-0.05, 0) is 18.9 Å². The lowest BCUT2D eigenvalue weighted by Crippen LogP contribution is -2.39. The highest BCUT2D eigenvalue weighted by Crippen LogP contribution is 2.09. The van der Waals surface area contributed by atoms with Gasteiger partial charge in [-0.25, -0.2) is 0 Å². The second-order valence-electron chi connectivity index (χ2n) is 3.82. The Morgan fingerprint density at radius 2 is 2.06 bits per heavy atom. The van der Waals surface area contributed by atoms with Crippen molar-refractivity contribution in [1.29, 1.82) is 0 Å². The van der Waals surface area contributed by atoms with Crippen molar-refractivity contribution < 1.29 is 4.79 Å². The van der Waals surface area contributed by atoms with E-state index in [0.29, 0.717) is 0 Å². The van der Waals surface area contributed by atoms with E-state index in [2.05, 4.69) is 11.9 Å². The largest absolute Gasteiger partial charge is 0.352 e. The summed E-state index contributed by atoms with van der Waals surface area (Å²) in [5.41, 5.74) is 6.67. The lowest BCUT2D eigenvalue weighted by Gasteiger charge is -2.16. The number of rotatable bonds is 5. The Labute approximate surface area is 109 Å². The minimum absolute atomic E-state index is 0. The van der Waals surface area contributed by atoms with E-state index in [-0.39, 0.29) is 24.4 Å². The molecule has 0 heterocycles. The predicted octanol–water partition coefficient (Wildman–Crippen LogP) is 2.19. The van der Waals surface area contributed by atoms with Crippen molar-refractivity contribution >= 4 is 18.3 Å². The molecule has 2 unspecified atom stereocenters. The molecular weight excluding hydrogens is 236 g/mol. The Morgan fingerprint density at radius 3 is 2.59 bits per heavy atom. The van der Waals surface area contributed by atoms with Crippen LogP contribution in [-0.2, 0) is 4.79 Å². The van der Waals surface area contributed by atoms with Crippen LogP contribution in [0.15, 0.2) is 43.0 Å². The number of hydrogen-bond acceptors (Lipinski definition) is 2. The molecule has 17 heavy (non-hydrogen) atoms. The van der Waals surface area contributed by atoms with E-state index in [1.54, 1.807) is 6.08 Å².